The van der Waals surface area contributed by atoms with Crippen molar-refractivity contribution in [2.45, 2.75) is 6.61 Å². The number of ether oxygens (including phenoxy) is 1. The van der Waals surface area contributed by atoms with Gasteiger partial charge in [-0.05, 0) is 42.0 Å². The molecule has 0 unspecified atom stereocenters. The zero-order chi connectivity index (χ0) is 20.8. The molecule has 2 N–H and O–H groups in total. The minimum Gasteiger partial charge on any atom is -0.487 e. The van der Waals surface area contributed by atoms with E-state index in [1.807, 2.05) is 30.3 Å². The van der Waals surface area contributed by atoms with E-state index in [0.717, 1.165) is 5.56 Å². The zero-order valence-electron chi connectivity index (χ0n) is 15.9. The Labute approximate surface area is 171 Å². The van der Waals surface area contributed by atoms with Crippen molar-refractivity contribution in [3.05, 3.63) is 121 Å². The van der Waals surface area contributed by atoms with Crippen LogP contribution < -0.4 is 26.6 Å². The van der Waals surface area contributed by atoms with Gasteiger partial charge >= 0.3 is 0 Å². The molecule has 0 aliphatic carbocycles. The largest absolute Gasteiger partial charge is 0.487 e. The van der Waals surface area contributed by atoms with Crippen LogP contribution in [0.3, 0.4) is 0 Å². The summed E-state index contributed by atoms with van der Waals surface area (Å²) in [7, 11) is 0. The van der Waals surface area contributed by atoms with Crippen molar-refractivity contribution in [2.75, 3.05) is 0 Å². The van der Waals surface area contributed by atoms with Crippen LogP contribution in [0.1, 0.15) is 17.0 Å². The SMILES string of the molecule is O=c1[nH]c(=Cc2ccc(OCc3ccccc3)cn2)c(=O)[nH]c1=Cc1ccccn1. The van der Waals surface area contributed by atoms with E-state index in [-0.39, 0.29) is 10.7 Å². The van der Waals surface area contributed by atoms with E-state index < -0.39 is 11.1 Å². The van der Waals surface area contributed by atoms with E-state index in [1.54, 1.807) is 42.7 Å². The van der Waals surface area contributed by atoms with Gasteiger partial charge in [0.15, 0.2) is 0 Å². The van der Waals surface area contributed by atoms with Gasteiger partial charge in [0, 0.05) is 6.20 Å². The molecule has 3 heterocycles. The second kappa shape index (κ2) is 8.83. The predicted octanol–water partition coefficient (Wildman–Crippen LogP) is 1.09. The Balaban J connectivity index is 1.56. The molecule has 0 fully saturated rings. The topological polar surface area (TPSA) is 101 Å². The Morgan fingerprint density at radius 1 is 0.767 bits per heavy atom. The molecular formula is C23H18N4O3. The third kappa shape index (κ3) is 4.77. The first kappa shape index (κ1) is 19.1. The fraction of sp³-hybridized carbons (Fsp3) is 0.0435. The molecule has 7 heteroatoms. The van der Waals surface area contributed by atoms with Crippen molar-refractivity contribution >= 4 is 12.2 Å². The number of rotatable bonds is 5. The molecular weight excluding hydrogens is 380 g/mol. The molecule has 7 nitrogen and oxygen atoms in total. The highest BCUT2D eigenvalue weighted by atomic mass is 16.5. The molecule has 30 heavy (non-hydrogen) atoms. The molecule has 0 aliphatic rings. The maximum absolute atomic E-state index is 12.4. The van der Waals surface area contributed by atoms with Crippen molar-refractivity contribution in [1.82, 2.24) is 19.9 Å². The lowest BCUT2D eigenvalue weighted by molar-refractivity contribution is 0.305. The molecule has 4 aromatic rings. The predicted molar refractivity (Wildman–Crippen MR) is 113 cm³/mol. The van der Waals surface area contributed by atoms with Crippen LogP contribution in [0.2, 0.25) is 0 Å². The lowest BCUT2D eigenvalue weighted by Gasteiger charge is -2.05. The molecule has 3 aromatic heterocycles. The molecule has 0 saturated heterocycles. The minimum absolute atomic E-state index is 0.114. The van der Waals surface area contributed by atoms with Crippen molar-refractivity contribution in [3.8, 4) is 5.75 Å². The highest BCUT2D eigenvalue weighted by Crippen LogP contribution is 2.12. The summed E-state index contributed by atoms with van der Waals surface area (Å²) in [5.74, 6) is 0.610. The fourth-order valence-corrected chi connectivity index (χ4v) is 2.76. The van der Waals surface area contributed by atoms with E-state index in [2.05, 4.69) is 19.9 Å². The third-order valence-electron chi connectivity index (χ3n) is 4.27. The van der Waals surface area contributed by atoms with Crippen LogP contribution in [0.4, 0.5) is 0 Å². The zero-order valence-corrected chi connectivity index (χ0v) is 15.9. The summed E-state index contributed by atoms with van der Waals surface area (Å²) in [5, 5.41) is 0.247. The lowest BCUT2D eigenvalue weighted by Crippen LogP contribution is -2.46. The van der Waals surface area contributed by atoms with E-state index in [0.29, 0.717) is 23.7 Å². The normalized spacial score (nSPS) is 12.1. The Bertz CT molecular complexity index is 1360. The first-order chi connectivity index (χ1) is 14.7. The van der Waals surface area contributed by atoms with Gasteiger partial charge < -0.3 is 14.7 Å². The van der Waals surface area contributed by atoms with E-state index in [1.165, 1.54) is 12.2 Å². The van der Waals surface area contributed by atoms with Crippen LogP contribution in [-0.2, 0) is 6.61 Å². The Kier molecular flexibility index (Phi) is 5.61. The molecule has 4 rings (SSSR count). The Morgan fingerprint density at radius 2 is 1.43 bits per heavy atom. The molecule has 0 atom stereocenters. The van der Waals surface area contributed by atoms with Crippen LogP contribution >= 0.6 is 0 Å². The summed E-state index contributed by atoms with van der Waals surface area (Å²) in [4.78, 5) is 38.2. The number of aromatic amines is 2. The summed E-state index contributed by atoms with van der Waals surface area (Å²) >= 11 is 0. The van der Waals surface area contributed by atoms with Gasteiger partial charge in [0.25, 0.3) is 11.1 Å². The van der Waals surface area contributed by atoms with Crippen LogP contribution in [0, 0.1) is 0 Å². The minimum atomic E-state index is -0.428. The van der Waals surface area contributed by atoms with Gasteiger partial charge in [-0.2, -0.15) is 0 Å². The smallest absolute Gasteiger partial charge is 0.272 e. The molecule has 0 amide bonds. The molecule has 0 radical (unpaired) electrons. The average molecular weight is 398 g/mol. The quantitative estimate of drug-likeness (QED) is 0.524. The second-order valence-corrected chi connectivity index (χ2v) is 6.47. The molecule has 1 aromatic carbocycles. The summed E-state index contributed by atoms with van der Waals surface area (Å²) in [5.41, 5.74) is 1.30. The number of H-pyrrole nitrogens is 2. The van der Waals surface area contributed by atoms with E-state index >= 15 is 0 Å². The standard InChI is InChI=1S/C23H18N4O3/c28-22-20(12-17-8-4-5-11-24-17)26-23(29)21(27-22)13-18-9-10-19(14-25-18)30-15-16-6-2-1-3-7-16/h1-14H,15H2,(H,26,29)(H,27,28). The van der Waals surface area contributed by atoms with Crippen LogP contribution in [-0.4, -0.2) is 19.9 Å². The number of aromatic nitrogens is 4. The number of nitrogens with one attached hydrogen (secondary N) is 2. The lowest BCUT2D eigenvalue weighted by atomic mass is 10.2. The molecule has 0 bridgehead atoms. The van der Waals surface area contributed by atoms with Gasteiger partial charge in [-0.15, -0.1) is 0 Å². The Hall–Kier alpha value is -4.26. The molecule has 148 valence electrons. The summed E-state index contributed by atoms with van der Waals surface area (Å²) in [6.07, 6.45) is 6.20. The van der Waals surface area contributed by atoms with Gasteiger partial charge in [-0.25, -0.2) is 0 Å². The highest BCUT2D eigenvalue weighted by molar-refractivity contribution is 5.45. The van der Waals surface area contributed by atoms with Crippen LogP contribution in [0.15, 0.2) is 82.6 Å². The van der Waals surface area contributed by atoms with Crippen molar-refractivity contribution in [2.24, 2.45) is 0 Å². The number of benzene rings is 1. The summed E-state index contributed by atoms with van der Waals surface area (Å²) < 4.78 is 5.70. The number of pyridine rings is 2. The van der Waals surface area contributed by atoms with Crippen LogP contribution in [0.25, 0.3) is 12.2 Å². The first-order valence-corrected chi connectivity index (χ1v) is 9.27. The van der Waals surface area contributed by atoms with Gasteiger partial charge in [-0.3, -0.25) is 19.6 Å². The van der Waals surface area contributed by atoms with E-state index in [9.17, 15) is 9.59 Å². The maximum Gasteiger partial charge on any atom is 0.272 e. The van der Waals surface area contributed by atoms with Crippen LogP contribution in [0.5, 0.6) is 5.75 Å². The number of nitrogens with zero attached hydrogens (tertiary/aromatic N) is 2. The molecule has 0 aliphatic heterocycles. The van der Waals surface area contributed by atoms with Crippen molar-refractivity contribution in [3.63, 3.8) is 0 Å². The summed E-state index contributed by atoms with van der Waals surface area (Å²) in [6.45, 7) is 0.437. The van der Waals surface area contributed by atoms with Crippen molar-refractivity contribution in [1.29, 1.82) is 0 Å². The third-order valence-corrected chi connectivity index (χ3v) is 4.27. The maximum atomic E-state index is 12.4. The first-order valence-electron chi connectivity index (χ1n) is 9.27. The second-order valence-electron chi connectivity index (χ2n) is 6.47. The molecule has 0 spiro atoms. The van der Waals surface area contributed by atoms with Gasteiger partial charge in [0.2, 0.25) is 0 Å². The number of hydrogen-bond acceptors (Lipinski definition) is 5. The number of hydrogen-bond donors (Lipinski definition) is 2. The van der Waals surface area contributed by atoms with Gasteiger partial charge in [0.05, 0.1) is 17.6 Å². The van der Waals surface area contributed by atoms with Gasteiger partial charge in [-0.1, -0.05) is 36.4 Å². The van der Waals surface area contributed by atoms with E-state index in [4.69, 9.17) is 4.74 Å². The fourth-order valence-electron chi connectivity index (χ4n) is 2.76. The average Bonchev–Trinajstić information content (AvgIpc) is 2.78. The summed E-state index contributed by atoms with van der Waals surface area (Å²) in [6, 6.07) is 18.6. The Morgan fingerprint density at radius 3 is 2.03 bits per heavy atom. The van der Waals surface area contributed by atoms with Crippen molar-refractivity contribution < 1.29 is 4.74 Å². The van der Waals surface area contributed by atoms with Gasteiger partial charge in [0.1, 0.15) is 23.1 Å². The highest BCUT2D eigenvalue weighted by Gasteiger charge is 2.00. The monoisotopic (exact) mass is 398 g/mol. The molecule has 0 saturated carbocycles.